The van der Waals surface area contributed by atoms with E-state index >= 15 is 0 Å². The van der Waals surface area contributed by atoms with Crippen molar-refractivity contribution in [2.24, 2.45) is 7.05 Å². The van der Waals surface area contributed by atoms with Gasteiger partial charge in [0.25, 0.3) is 0 Å². The molecule has 0 saturated carbocycles. The number of rotatable bonds is 4. The largest absolute Gasteiger partial charge is 0.508 e. The van der Waals surface area contributed by atoms with Crippen molar-refractivity contribution in [3.8, 4) is 5.75 Å². The van der Waals surface area contributed by atoms with Crippen LogP contribution in [-0.4, -0.2) is 26.9 Å². The number of aromatic nitrogens is 3. The summed E-state index contributed by atoms with van der Waals surface area (Å²) in [5.41, 5.74) is 1.87. The summed E-state index contributed by atoms with van der Waals surface area (Å²) in [5.74, 6) is 1.45. The number of phenolic OH excluding ortho intramolecular Hbond substituents is 1. The Morgan fingerprint density at radius 3 is 2.29 bits per heavy atom. The molecule has 0 fully saturated rings. The third-order valence-electron chi connectivity index (χ3n) is 3.75. The molecule has 0 aliphatic heterocycles. The zero-order valence-corrected chi connectivity index (χ0v) is 14.2. The minimum atomic E-state index is -0.270. The van der Waals surface area contributed by atoms with Crippen LogP contribution in [0, 0.1) is 5.82 Å². The van der Waals surface area contributed by atoms with Gasteiger partial charge in [0.2, 0.25) is 5.95 Å². The molecule has 126 valence electrons. The first-order valence-electron chi connectivity index (χ1n) is 7.20. The van der Waals surface area contributed by atoms with E-state index in [1.165, 1.54) is 12.1 Å². The van der Waals surface area contributed by atoms with Crippen LogP contribution >= 0.6 is 12.4 Å². The van der Waals surface area contributed by atoms with Gasteiger partial charge in [-0.3, -0.25) is 4.57 Å². The maximum absolute atomic E-state index is 13.0. The molecular formula is C17H18ClFN4O. The van der Waals surface area contributed by atoms with E-state index in [2.05, 4.69) is 10.2 Å². The fourth-order valence-corrected chi connectivity index (χ4v) is 2.37. The average Bonchev–Trinajstić information content (AvgIpc) is 2.90. The van der Waals surface area contributed by atoms with Gasteiger partial charge in [-0.05, 0) is 42.0 Å². The molecule has 0 spiro atoms. The van der Waals surface area contributed by atoms with Crippen LogP contribution in [0.5, 0.6) is 5.75 Å². The van der Waals surface area contributed by atoms with E-state index < -0.39 is 0 Å². The fourth-order valence-electron chi connectivity index (χ4n) is 2.37. The van der Waals surface area contributed by atoms with Crippen molar-refractivity contribution in [3.63, 3.8) is 0 Å². The highest BCUT2D eigenvalue weighted by Gasteiger charge is 2.14. The summed E-state index contributed by atoms with van der Waals surface area (Å²) in [6.45, 7) is 0. The summed E-state index contributed by atoms with van der Waals surface area (Å²) >= 11 is 0. The normalized spacial score (nSPS) is 10.3. The Morgan fingerprint density at radius 1 is 1.04 bits per heavy atom. The van der Waals surface area contributed by atoms with Crippen LogP contribution in [0.4, 0.5) is 16.0 Å². The maximum atomic E-state index is 13.0. The lowest BCUT2D eigenvalue weighted by molar-refractivity contribution is 0.475. The molecule has 3 aromatic rings. The van der Waals surface area contributed by atoms with Gasteiger partial charge in [-0.2, -0.15) is 0 Å². The SMILES string of the molecule is CN(c1ccc(F)cc1)c1nnc(Cc2ccc(O)cc2)n1C.Cl. The lowest BCUT2D eigenvalue weighted by atomic mass is 10.1. The highest BCUT2D eigenvalue weighted by molar-refractivity contribution is 5.85. The average molecular weight is 349 g/mol. The van der Waals surface area contributed by atoms with Gasteiger partial charge in [-0.1, -0.05) is 12.1 Å². The molecule has 2 aromatic carbocycles. The molecule has 0 radical (unpaired) electrons. The topological polar surface area (TPSA) is 54.2 Å². The Labute approximate surface area is 145 Å². The smallest absolute Gasteiger partial charge is 0.231 e. The van der Waals surface area contributed by atoms with E-state index in [-0.39, 0.29) is 24.0 Å². The zero-order valence-electron chi connectivity index (χ0n) is 13.3. The molecule has 0 saturated heterocycles. The van der Waals surface area contributed by atoms with E-state index in [1.54, 1.807) is 24.3 Å². The van der Waals surface area contributed by atoms with Crippen LogP contribution in [0.1, 0.15) is 11.4 Å². The first-order valence-corrected chi connectivity index (χ1v) is 7.20. The van der Waals surface area contributed by atoms with Crippen LogP contribution in [0.3, 0.4) is 0 Å². The van der Waals surface area contributed by atoms with Crippen molar-refractivity contribution in [2.45, 2.75) is 6.42 Å². The lowest BCUT2D eigenvalue weighted by Crippen LogP contribution is -2.15. The Morgan fingerprint density at radius 2 is 1.67 bits per heavy atom. The molecular weight excluding hydrogens is 331 g/mol. The van der Waals surface area contributed by atoms with Gasteiger partial charge in [0, 0.05) is 26.2 Å². The molecule has 0 unspecified atom stereocenters. The molecule has 1 heterocycles. The van der Waals surface area contributed by atoms with Crippen molar-refractivity contribution in [2.75, 3.05) is 11.9 Å². The molecule has 1 N–H and O–H groups in total. The van der Waals surface area contributed by atoms with Crippen molar-refractivity contribution < 1.29 is 9.50 Å². The van der Waals surface area contributed by atoms with Crippen molar-refractivity contribution in [1.29, 1.82) is 0 Å². The molecule has 24 heavy (non-hydrogen) atoms. The Kier molecular flexibility index (Phi) is 5.41. The minimum Gasteiger partial charge on any atom is -0.508 e. The molecule has 0 bridgehead atoms. The van der Waals surface area contributed by atoms with E-state index in [1.807, 2.05) is 35.7 Å². The minimum absolute atomic E-state index is 0. The monoisotopic (exact) mass is 348 g/mol. The van der Waals surface area contributed by atoms with Crippen molar-refractivity contribution in [1.82, 2.24) is 14.8 Å². The van der Waals surface area contributed by atoms with E-state index in [4.69, 9.17) is 0 Å². The van der Waals surface area contributed by atoms with Gasteiger partial charge in [-0.25, -0.2) is 4.39 Å². The van der Waals surface area contributed by atoms with Gasteiger partial charge in [-0.15, -0.1) is 22.6 Å². The number of hydrogen-bond acceptors (Lipinski definition) is 4. The second kappa shape index (κ2) is 7.31. The number of benzene rings is 2. The Hall–Kier alpha value is -2.60. The second-order valence-electron chi connectivity index (χ2n) is 5.35. The van der Waals surface area contributed by atoms with Gasteiger partial charge < -0.3 is 10.0 Å². The number of aromatic hydroxyl groups is 1. The standard InChI is InChI=1S/C17H17FN4O.ClH/c1-21(14-7-5-13(18)6-8-14)17-20-19-16(22(17)2)11-12-3-9-15(23)10-4-12;/h3-10,23H,11H2,1-2H3;1H. The van der Waals surface area contributed by atoms with Crippen molar-refractivity contribution >= 4 is 24.0 Å². The zero-order chi connectivity index (χ0) is 16.4. The van der Waals surface area contributed by atoms with Gasteiger partial charge in [0.15, 0.2) is 0 Å². The molecule has 1 aromatic heterocycles. The third kappa shape index (κ3) is 3.65. The van der Waals surface area contributed by atoms with Crippen LogP contribution < -0.4 is 4.90 Å². The predicted octanol–water partition coefficient (Wildman–Crippen LogP) is 3.44. The molecule has 5 nitrogen and oxygen atoms in total. The number of phenols is 1. The molecule has 3 rings (SSSR count). The van der Waals surface area contributed by atoms with Crippen LogP contribution in [0.25, 0.3) is 0 Å². The molecule has 0 atom stereocenters. The number of halogens is 2. The highest BCUT2D eigenvalue weighted by Crippen LogP contribution is 2.23. The summed E-state index contributed by atoms with van der Waals surface area (Å²) in [6, 6.07) is 13.2. The predicted molar refractivity (Wildman–Crippen MR) is 93.6 cm³/mol. The molecule has 0 amide bonds. The van der Waals surface area contributed by atoms with Gasteiger partial charge in [0.05, 0.1) is 0 Å². The van der Waals surface area contributed by atoms with Gasteiger partial charge in [0.1, 0.15) is 17.4 Å². The summed E-state index contributed by atoms with van der Waals surface area (Å²) < 4.78 is 14.9. The summed E-state index contributed by atoms with van der Waals surface area (Å²) in [4.78, 5) is 1.85. The quantitative estimate of drug-likeness (QED) is 0.784. The summed E-state index contributed by atoms with van der Waals surface area (Å²) in [5, 5.41) is 17.8. The van der Waals surface area contributed by atoms with Crippen LogP contribution in [0.15, 0.2) is 48.5 Å². The second-order valence-corrected chi connectivity index (χ2v) is 5.35. The molecule has 0 aliphatic carbocycles. The molecule has 0 aliphatic rings. The van der Waals surface area contributed by atoms with E-state index in [0.717, 1.165) is 17.1 Å². The maximum Gasteiger partial charge on any atom is 0.231 e. The first-order chi connectivity index (χ1) is 11.0. The Balaban J connectivity index is 0.00000208. The molecule has 7 heteroatoms. The number of hydrogen-bond donors (Lipinski definition) is 1. The van der Waals surface area contributed by atoms with Crippen LogP contribution in [0.2, 0.25) is 0 Å². The summed E-state index contributed by atoms with van der Waals surface area (Å²) in [7, 11) is 3.76. The highest BCUT2D eigenvalue weighted by atomic mass is 35.5. The lowest BCUT2D eigenvalue weighted by Gasteiger charge is -2.18. The van der Waals surface area contributed by atoms with E-state index in [0.29, 0.717) is 12.4 Å². The van der Waals surface area contributed by atoms with Gasteiger partial charge >= 0.3 is 0 Å². The van der Waals surface area contributed by atoms with Crippen LogP contribution in [-0.2, 0) is 13.5 Å². The summed E-state index contributed by atoms with van der Waals surface area (Å²) in [6.07, 6.45) is 0.612. The Bertz CT molecular complexity index is 802. The van der Waals surface area contributed by atoms with E-state index in [9.17, 15) is 9.50 Å². The van der Waals surface area contributed by atoms with Crippen molar-refractivity contribution in [3.05, 3.63) is 65.7 Å². The fraction of sp³-hybridized carbons (Fsp3) is 0.176. The third-order valence-corrected chi connectivity index (χ3v) is 3.75. The number of nitrogens with zero attached hydrogens (tertiary/aromatic N) is 4. The number of anilines is 2. The first kappa shape index (κ1) is 17.7.